The maximum absolute atomic E-state index is 12.7. The molecule has 1 aromatic heterocycles. The first-order chi connectivity index (χ1) is 10.8. The predicted octanol–water partition coefficient (Wildman–Crippen LogP) is 4.14. The van der Waals surface area contributed by atoms with Crippen LogP contribution in [0.5, 0.6) is 0 Å². The van der Waals surface area contributed by atoms with Gasteiger partial charge in [-0.05, 0) is 39.0 Å². The van der Waals surface area contributed by atoms with Gasteiger partial charge in [0, 0.05) is 36.3 Å². The lowest BCUT2D eigenvalue weighted by molar-refractivity contribution is 0.0732. The third kappa shape index (κ3) is 3.10. The van der Waals surface area contributed by atoms with Crippen LogP contribution in [0.1, 0.15) is 42.4 Å². The number of benzene rings is 1. The van der Waals surface area contributed by atoms with Crippen LogP contribution in [0.15, 0.2) is 24.4 Å². The molecule has 2 heterocycles. The molecule has 0 atom stereocenters. The number of halogens is 2. The van der Waals surface area contributed by atoms with E-state index in [4.69, 9.17) is 23.2 Å². The molecule has 23 heavy (non-hydrogen) atoms. The molecular formula is C17H19Cl2N3O. The van der Waals surface area contributed by atoms with Gasteiger partial charge in [-0.2, -0.15) is 5.10 Å². The SMILES string of the molecule is CC(C)(C)n1ncc2c1CCN(C(=O)c1ccc(Cl)c(Cl)c1)C2. The second kappa shape index (κ2) is 5.84. The summed E-state index contributed by atoms with van der Waals surface area (Å²) in [5.41, 5.74) is 2.84. The number of carbonyl (C=O) groups is 1. The van der Waals surface area contributed by atoms with Crippen LogP contribution in [-0.2, 0) is 18.5 Å². The molecule has 2 aromatic rings. The number of fused-ring (bicyclic) bond motifs is 1. The van der Waals surface area contributed by atoms with Crippen LogP contribution in [0.25, 0.3) is 0 Å². The zero-order valence-electron chi connectivity index (χ0n) is 13.4. The monoisotopic (exact) mass is 351 g/mol. The lowest BCUT2D eigenvalue weighted by Crippen LogP contribution is -2.37. The summed E-state index contributed by atoms with van der Waals surface area (Å²) in [4.78, 5) is 14.5. The summed E-state index contributed by atoms with van der Waals surface area (Å²) in [5, 5.41) is 5.35. The minimum atomic E-state index is -0.0521. The fraction of sp³-hybridized carbons (Fsp3) is 0.412. The molecule has 0 N–H and O–H groups in total. The average molecular weight is 352 g/mol. The standard InChI is InChI=1S/C17H19Cl2N3O/c1-17(2,3)22-15-6-7-21(10-12(15)9-20-22)16(23)11-4-5-13(18)14(19)8-11/h4-5,8-9H,6-7,10H2,1-3H3. The van der Waals surface area contributed by atoms with Gasteiger partial charge < -0.3 is 4.90 Å². The number of aromatic nitrogens is 2. The van der Waals surface area contributed by atoms with Gasteiger partial charge in [0.25, 0.3) is 5.91 Å². The first kappa shape index (κ1) is 16.3. The van der Waals surface area contributed by atoms with Crippen molar-refractivity contribution < 1.29 is 4.79 Å². The van der Waals surface area contributed by atoms with E-state index in [9.17, 15) is 4.79 Å². The number of nitrogens with zero attached hydrogens (tertiary/aromatic N) is 3. The van der Waals surface area contributed by atoms with Crippen molar-refractivity contribution in [1.82, 2.24) is 14.7 Å². The van der Waals surface area contributed by atoms with E-state index in [1.165, 1.54) is 5.69 Å². The Morgan fingerprint density at radius 2 is 1.96 bits per heavy atom. The van der Waals surface area contributed by atoms with Crippen molar-refractivity contribution in [2.75, 3.05) is 6.54 Å². The van der Waals surface area contributed by atoms with E-state index in [0.717, 1.165) is 12.0 Å². The van der Waals surface area contributed by atoms with Crippen LogP contribution in [-0.4, -0.2) is 27.1 Å². The van der Waals surface area contributed by atoms with Crippen molar-refractivity contribution in [3.05, 3.63) is 51.3 Å². The summed E-state index contributed by atoms with van der Waals surface area (Å²) in [6.07, 6.45) is 2.68. The van der Waals surface area contributed by atoms with Crippen molar-refractivity contribution in [2.24, 2.45) is 0 Å². The maximum Gasteiger partial charge on any atom is 0.254 e. The fourth-order valence-corrected chi connectivity index (χ4v) is 3.19. The van der Waals surface area contributed by atoms with Crippen molar-refractivity contribution in [3.63, 3.8) is 0 Å². The number of hydrogen-bond donors (Lipinski definition) is 0. The highest BCUT2D eigenvalue weighted by Crippen LogP contribution is 2.27. The number of carbonyl (C=O) groups excluding carboxylic acids is 1. The molecule has 0 bridgehead atoms. The summed E-state index contributed by atoms with van der Waals surface area (Å²) >= 11 is 11.9. The van der Waals surface area contributed by atoms with Gasteiger partial charge in [-0.3, -0.25) is 9.48 Å². The van der Waals surface area contributed by atoms with Crippen LogP contribution in [0, 0.1) is 0 Å². The Kier molecular flexibility index (Phi) is 4.15. The highest BCUT2D eigenvalue weighted by Gasteiger charge is 2.28. The summed E-state index contributed by atoms with van der Waals surface area (Å²) in [5.74, 6) is -0.0299. The Morgan fingerprint density at radius 1 is 1.22 bits per heavy atom. The molecule has 1 aromatic carbocycles. The van der Waals surface area contributed by atoms with Crippen molar-refractivity contribution >= 4 is 29.1 Å². The van der Waals surface area contributed by atoms with E-state index in [1.54, 1.807) is 18.2 Å². The van der Waals surface area contributed by atoms with Crippen molar-refractivity contribution in [1.29, 1.82) is 0 Å². The van der Waals surface area contributed by atoms with Gasteiger partial charge in [-0.1, -0.05) is 23.2 Å². The molecule has 0 saturated heterocycles. The summed E-state index contributed by atoms with van der Waals surface area (Å²) in [7, 11) is 0. The molecule has 1 amide bonds. The Hall–Kier alpha value is -1.52. The fourth-order valence-electron chi connectivity index (χ4n) is 2.89. The third-order valence-electron chi connectivity index (χ3n) is 4.02. The zero-order valence-corrected chi connectivity index (χ0v) is 14.9. The molecule has 0 spiro atoms. The van der Waals surface area contributed by atoms with Gasteiger partial charge >= 0.3 is 0 Å². The number of amides is 1. The molecule has 122 valence electrons. The largest absolute Gasteiger partial charge is 0.334 e. The summed E-state index contributed by atoms with van der Waals surface area (Å²) in [6, 6.07) is 5.00. The van der Waals surface area contributed by atoms with E-state index >= 15 is 0 Å². The molecular weight excluding hydrogens is 333 g/mol. The van der Waals surface area contributed by atoms with Crippen LogP contribution in [0.3, 0.4) is 0 Å². The maximum atomic E-state index is 12.7. The van der Waals surface area contributed by atoms with E-state index in [-0.39, 0.29) is 11.4 Å². The van der Waals surface area contributed by atoms with Gasteiger partial charge in [0.2, 0.25) is 0 Å². The minimum absolute atomic E-state index is 0.0299. The smallest absolute Gasteiger partial charge is 0.254 e. The van der Waals surface area contributed by atoms with Gasteiger partial charge in [0.15, 0.2) is 0 Å². The number of rotatable bonds is 1. The summed E-state index contributed by atoms with van der Waals surface area (Å²) < 4.78 is 2.06. The van der Waals surface area contributed by atoms with Gasteiger partial charge in [-0.25, -0.2) is 0 Å². The van der Waals surface area contributed by atoms with Crippen LogP contribution < -0.4 is 0 Å². The van der Waals surface area contributed by atoms with E-state index < -0.39 is 0 Å². The molecule has 0 saturated carbocycles. The number of hydrogen-bond acceptors (Lipinski definition) is 2. The molecule has 6 heteroatoms. The summed E-state index contributed by atoms with van der Waals surface area (Å²) in [6.45, 7) is 7.65. The highest BCUT2D eigenvalue weighted by molar-refractivity contribution is 6.42. The topological polar surface area (TPSA) is 38.1 Å². The molecule has 3 rings (SSSR count). The van der Waals surface area contributed by atoms with E-state index in [1.807, 2.05) is 11.1 Å². The highest BCUT2D eigenvalue weighted by atomic mass is 35.5. The van der Waals surface area contributed by atoms with Crippen molar-refractivity contribution in [2.45, 2.75) is 39.3 Å². The second-order valence-electron chi connectivity index (χ2n) is 6.80. The molecule has 4 nitrogen and oxygen atoms in total. The quantitative estimate of drug-likeness (QED) is 0.774. The normalized spacial score (nSPS) is 14.7. The molecule has 0 unspecified atom stereocenters. The Bertz CT molecular complexity index is 762. The third-order valence-corrected chi connectivity index (χ3v) is 4.76. The van der Waals surface area contributed by atoms with E-state index in [0.29, 0.717) is 28.7 Å². The minimum Gasteiger partial charge on any atom is -0.334 e. The first-order valence-electron chi connectivity index (χ1n) is 7.58. The molecule has 1 aliphatic heterocycles. The van der Waals surface area contributed by atoms with Gasteiger partial charge in [0.05, 0.1) is 21.8 Å². The molecule has 0 radical (unpaired) electrons. The Labute approximate surface area is 146 Å². The molecule has 0 fully saturated rings. The Morgan fingerprint density at radius 3 is 2.61 bits per heavy atom. The predicted molar refractivity (Wildman–Crippen MR) is 92.1 cm³/mol. The molecule has 1 aliphatic rings. The van der Waals surface area contributed by atoms with Gasteiger partial charge in [-0.15, -0.1) is 0 Å². The lowest BCUT2D eigenvalue weighted by Gasteiger charge is -2.30. The second-order valence-corrected chi connectivity index (χ2v) is 7.62. The van der Waals surface area contributed by atoms with Crippen LogP contribution >= 0.6 is 23.2 Å². The first-order valence-corrected chi connectivity index (χ1v) is 8.33. The van der Waals surface area contributed by atoms with E-state index in [2.05, 4.69) is 30.6 Å². The van der Waals surface area contributed by atoms with Crippen LogP contribution in [0.4, 0.5) is 0 Å². The molecule has 0 aliphatic carbocycles. The lowest BCUT2D eigenvalue weighted by atomic mass is 10.0. The zero-order chi connectivity index (χ0) is 16.8. The Balaban J connectivity index is 1.83. The van der Waals surface area contributed by atoms with Gasteiger partial charge in [0.1, 0.15) is 0 Å². The van der Waals surface area contributed by atoms with Crippen LogP contribution in [0.2, 0.25) is 10.0 Å². The average Bonchev–Trinajstić information content (AvgIpc) is 2.92. The van der Waals surface area contributed by atoms with Crippen molar-refractivity contribution in [3.8, 4) is 0 Å².